The molecule has 36 heavy (non-hydrogen) atoms. The van der Waals surface area contributed by atoms with Crippen molar-refractivity contribution in [1.29, 1.82) is 0 Å². The van der Waals surface area contributed by atoms with E-state index >= 15 is 0 Å². The van der Waals surface area contributed by atoms with Crippen LogP contribution in [0.1, 0.15) is 16.7 Å². The van der Waals surface area contributed by atoms with Crippen LogP contribution < -0.4 is 4.90 Å². The first-order valence-electron chi connectivity index (χ1n) is 12.3. The molecule has 0 atom stereocenters. The van der Waals surface area contributed by atoms with E-state index < -0.39 is 0 Å². The molecule has 0 spiro atoms. The number of anilines is 1. The molecule has 1 saturated heterocycles. The summed E-state index contributed by atoms with van der Waals surface area (Å²) >= 11 is 0. The highest BCUT2D eigenvalue weighted by Gasteiger charge is 2.25. The zero-order valence-corrected chi connectivity index (χ0v) is 20.0. The maximum Gasteiger partial charge on any atom is 0.410 e. The highest BCUT2D eigenvalue weighted by molar-refractivity contribution is 5.86. The van der Waals surface area contributed by atoms with Crippen LogP contribution in [0.25, 0.3) is 21.9 Å². The van der Waals surface area contributed by atoms with Gasteiger partial charge in [-0.25, -0.2) is 4.79 Å². The zero-order valence-electron chi connectivity index (χ0n) is 20.0. The Labute approximate surface area is 209 Å². The Hall–Kier alpha value is -4.32. The topological polar surface area (TPSA) is 58.8 Å². The fraction of sp³-hybridized carbons (Fsp3) is 0.200. The number of fused-ring (bicyclic) bond motifs is 2. The number of piperazine rings is 1. The molecule has 1 aliphatic rings. The summed E-state index contributed by atoms with van der Waals surface area (Å²) in [5.74, 6) is 0. The largest absolute Gasteiger partial charge is 0.445 e. The van der Waals surface area contributed by atoms with Gasteiger partial charge in [-0.05, 0) is 46.0 Å². The van der Waals surface area contributed by atoms with Gasteiger partial charge in [0.05, 0.1) is 0 Å². The first-order chi connectivity index (χ1) is 17.7. The van der Waals surface area contributed by atoms with Crippen LogP contribution in [0.4, 0.5) is 10.8 Å². The molecule has 1 aromatic heterocycles. The Balaban J connectivity index is 1.10. The number of aromatic nitrogens is 1. The molecule has 0 bridgehead atoms. The van der Waals surface area contributed by atoms with Crippen molar-refractivity contribution in [2.24, 2.45) is 0 Å². The lowest BCUT2D eigenvalue weighted by Crippen LogP contribution is -2.49. The third-order valence-electron chi connectivity index (χ3n) is 6.73. The molecule has 0 unspecified atom stereocenters. The molecule has 0 aliphatic carbocycles. The summed E-state index contributed by atoms with van der Waals surface area (Å²) < 4.78 is 11.5. The molecule has 6 rings (SSSR count). The first-order valence-corrected chi connectivity index (χ1v) is 12.3. The highest BCUT2D eigenvalue weighted by atomic mass is 16.6. The number of benzene rings is 4. The average Bonchev–Trinajstić information content (AvgIpc) is 3.36. The molecule has 2 heterocycles. The van der Waals surface area contributed by atoms with Gasteiger partial charge in [0.1, 0.15) is 12.1 Å². The molecule has 6 heteroatoms. The predicted octanol–water partition coefficient (Wildman–Crippen LogP) is 6.03. The smallest absolute Gasteiger partial charge is 0.410 e. The normalized spacial score (nSPS) is 13.9. The quantitative estimate of drug-likeness (QED) is 0.309. The minimum absolute atomic E-state index is 0.283. The van der Waals surface area contributed by atoms with E-state index in [4.69, 9.17) is 14.1 Å². The molecule has 1 fully saturated rings. The lowest BCUT2D eigenvalue weighted by molar-refractivity contribution is 0.0938. The van der Waals surface area contributed by atoms with Gasteiger partial charge in [0.25, 0.3) is 6.01 Å². The Morgan fingerprint density at radius 3 is 2.47 bits per heavy atom. The van der Waals surface area contributed by atoms with Gasteiger partial charge in [-0.15, -0.1) is 0 Å². The van der Waals surface area contributed by atoms with Gasteiger partial charge in [0, 0.05) is 26.2 Å². The number of oxazole rings is 1. The number of nitrogens with zero attached hydrogens (tertiary/aromatic N) is 3. The van der Waals surface area contributed by atoms with Crippen LogP contribution in [0, 0.1) is 0 Å². The summed E-state index contributed by atoms with van der Waals surface area (Å²) in [4.78, 5) is 21.1. The van der Waals surface area contributed by atoms with Crippen molar-refractivity contribution < 1.29 is 13.9 Å². The van der Waals surface area contributed by atoms with E-state index in [0.717, 1.165) is 23.1 Å². The summed E-state index contributed by atoms with van der Waals surface area (Å²) in [5, 5.41) is 2.53. The van der Waals surface area contributed by atoms with Crippen LogP contribution in [0.3, 0.4) is 0 Å². The fourth-order valence-electron chi connectivity index (χ4n) is 4.76. The first kappa shape index (κ1) is 22.2. The molecule has 4 aromatic carbocycles. The SMILES string of the molecule is O=C(OCc1ccccc1)N1CCN(c2nc3cc(Cc4cccc5ccccc45)ccc3o2)CC1. The van der Waals surface area contributed by atoms with Crippen LogP contribution in [-0.4, -0.2) is 42.2 Å². The lowest BCUT2D eigenvalue weighted by atomic mass is 9.98. The summed E-state index contributed by atoms with van der Waals surface area (Å²) in [6.45, 7) is 2.72. The third-order valence-corrected chi connectivity index (χ3v) is 6.73. The molecular weight excluding hydrogens is 450 g/mol. The van der Waals surface area contributed by atoms with Crippen molar-refractivity contribution in [3.8, 4) is 0 Å². The monoisotopic (exact) mass is 477 g/mol. The summed E-state index contributed by atoms with van der Waals surface area (Å²) in [7, 11) is 0. The second-order valence-corrected chi connectivity index (χ2v) is 9.13. The van der Waals surface area contributed by atoms with E-state index in [1.165, 1.54) is 21.9 Å². The number of ether oxygens (including phenoxy) is 1. The number of hydrogen-bond donors (Lipinski definition) is 0. The van der Waals surface area contributed by atoms with E-state index in [1.54, 1.807) is 4.90 Å². The molecule has 0 saturated carbocycles. The summed E-state index contributed by atoms with van der Waals surface area (Å²) in [6, 6.07) is 31.5. The van der Waals surface area contributed by atoms with Crippen molar-refractivity contribution in [3.05, 3.63) is 108 Å². The average molecular weight is 478 g/mol. The Morgan fingerprint density at radius 1 is 0.833 bits per heavy atom. The molecule has 0 N–H and O–H groups in total. The predicted molar refractivity (Wildman–Crippen MR) is 141 cm³/mol. The maximum absolute atomic E-state index is 12.5. The van der Waals surface area contributed by atoms with Gasteiger partial charge in [0.15, 0.2) is 5.58 Å². The molecule has 180 valence electrons. The number of carbonyl (C=O) groups is 1. The van der Waals surface area contributed by atoms with Crippen LogP contribution >= 0.6 is 0 Å². The van der Waals surface area contributed by atoms with Crippen molar-refractivity contribution in [1.82, 2.24) is 9.88 Å². The third kappa shape index (κ3) is 4.62. The van der Waals surface area contributed by atoms with E-state index in [-0.39, 0.29) is 12.7 Å². The van der Waals surface area contributed by atoms with Crippen LogP contribution in [0.5, 0.6) is 0 Å². The van der Waals surface area contributed by atoms with Crippen molar-refractivity contribution >= 4 is 34.0 Å². The summed E-state index contributed by atoms with van der Waals surface area (Å²) in [5.41, 5.74) is 5.11. The van der Waals surface area contributed by atoms with Gasteiger partial charge < -0.3 is 19.0 Å². The van der Waals surface area contributed by atoms with Crippen molar-refractivity contribution in [2.75, 3.05) is 31.1 Å². The van der Waals surface area contributed by atoms with E-state index in [1.807, 2.05) is 36.4 Å². The highest BCUT2D eigenvalue weighted by Crippen LogP contribution is 2.26. The standard InChI is InChI=1S/C30H27N3O3/c34-30(35-21-22-7-2-1-3-8-22)33-17-15-32(16-18-33)29-31-27-20-23(13-14-28(27)36-29)19-25-11-6-10-24-9-4-5-12-26(24)25/h1-14,20H,15-19,21H2. The van der Waals surface area contributed by atoms with E-state index in [2.05, 4.69) is 59.5 Å². The van der Waals surface area contributed by atoms with Gasteiger partial charge in [-0.3, -0.25) is 0 Å². The summed E-state index contributed by atoms with van der Waals surface area (Å²) in [6.07, 6.45) is 0.553. The van der Waals surface area contributed by atoms with Crippen LogP contribution in [-0.2, 0) is 17.8 Å². The van der Waals surface area contributed by atoms with Gasteiger partial charge in [-0.2, -0.15) is 4.98 Å². The Bertz CT molecular complexity index is 1500. The Kier molecular flexibility index (Phi) is 6.00. The minimum Gasteiger partial charge on any atom is -0.445 e. The van der Waals surface area contributed by atoms with Gasteiger partial charge >= 0.3 is 6.09 Å². The number of hydrogen-bond acceptors (Lipinski definition) is 5. The fourth-order valence-corrected chi connectivity index (χ4v) is 4.76. The van der Waals surface area contributed by atoms with E-state index in [9.17, 15) is 4.79 Å². The lowest BCUT2D eigenvalue weighted by Gasteiger charge is -2.33. The molecule has 5 aromatic rings. The molecule has 0 radical (unpaired) electrons. The van der Waals surface area contributed by atoms with Crippen LogP contribution in [0.2, 0.25) is 0 Å². The van der Waals surface area contributed by atoms with Gasteiger partial charge in [-0.1, -0.05) is 78.9 Å². The number of amides is 1. The Morgan fingerprint density at radius 2 is 1.61 bits per heavy atom. The second kappa shape index (κ2) is 9.74. The second-order valence-electron chi connectivity index (χ2n) is 9.13. The molecule has 6 nitrogen and oxygen atoms in total. The maximum atomic E-state index is 12.5. The van der Waals surface area contributed by atoms with E-state index in [0.29, 0.717) is 32.2 Å². The molecular formula is C30H27N3O3. The van der Waals surface area contributed by atoms with Crippen molar-refractivity contribution in [3.63, 3.8) is 0 Å². The van der Waals surface area contributed by atoms with Crippen LogP contribution in [0.15, 0.2) is 95.4 Å². The minimum atomic E-state index is -0.283. The number of carbonyl (C=O) groups excluding carboxylic acids is 1. The number of rotatable bonds is 5. The van der Waals surface area contributed by atoms with Crippen molar-refractivity contribution in [2.45, 2.75) is 13.0 Å². The van der Waals surface area contributed by atoms with Gasteiger partial charge in [0.2, 0.25) is 0 Å². The molecule has 1 amide bonds. The molecule has 1 aliphatic heterocycles. The zero-order chi connectivity index (χ0) is 24.3.